The van der Waals surface area contributed by atoms with E-state index in [-0.39, 0.29) is 11.7 Å². The van der Waals surface area contributed by atoms with Crippen molar-refractivity contribution in [3.8, 4) is 0 Å². The molecule has 2 N–H and O–H groups in total. The van der Waals surface area contributed by atoms with Crippen LogP contribution in [0.15, 0.2) is 29.3 Å². The minimum absolute atomic E-state index is 0.144. The van der Waals surface area contributed by atoms with Gasteiger partial charge in [-0.3, -0.25) is 15.1 Å². The zero-order chi connectivity index (χ0) is 14.8. The number of carbonyl (C=O) groups is 1. The number of hydrogen-bond donors (Lipinski definition) is 2. The third kappa shape index (κ3) is 2.66. The average Bonchev–Trinajstić information content (AvgIpc) is 2.75. The van der Waals surface area contributed by atoms with E-state index < -0.39 is 5.54 Å². The van der Waals surface area contributed by atoms with Crippen LogP contribution in [-0.2, 0) is 10.3 Å². The molecular weight excluding hydrogens is 257 g/mol. The van der Waals surface area contributed by atoms with Crippen molar-refractivity contribution >= 4 is 11.9 Å². The second-order valence-electron chi connectivity index (χ2n) is 5.43. The molecule has 0 radical (unpaired) electrons. The Labute approximate surface area is 118 Å². The molecule has 4 nitrogen and oxygen atoms in total. The average molecular weight is 277 g/mol. The predicted octanol–water partition coefficient (Wildman–Crippen LogP) is 2.16. The Bertz CT molecular complexity index is 524. The first-order valence-electron chi connectivity index (χ1n) is 6.88. The fourth-order valence-corrected chi connectivity index (χ4v) is 2.25. The summed E-state index contributed by atoms with van der Waals surface area (Å²) in [6, 6.07) is 6.00. The van der Waals surface area contributed by atoms with E-state index in [1.54, 1.807) is 12.1 Å². The summed E-state index contributed by atoms with van der Waals surface area (Å²) < 4.78 is 13.0. The van der Waals surface area contributed by atoms with Crippen LogP contribution in [-0.4, -0.2) is 18.4 Å². The molecule has 1 heterocycles. The lowest BCUT2D eigenvalue weighted by Crippen LogP contribution is -2.43. The van der Waals surface area contributed by atoms with E-state index in [0.29, 0.717) is 24.8 Å². The van der Waals surface area contributed by atoms with E-state index in [2.05, 4.69) is 29.5 Å². The Morgan fingerprint density at radius 3 is 2.50 bits per heavy atom. The largest absolute Gasteiger partial charge is 0.338 e. The van der Waals surface area contributed by atoms with Gasteiger partial charge in [0.05, 0.1) is 0 Å². The van der Waals surface area contributed by atoms with Crippen LogP contribution >= 0.6 is 0 Å². The Hall–Kier alpha value is -1.91. The van der Waals surface area contributed by atoms with Crippen LogP contribution in [0.4, 0.5) is 4.39 Å². The van der Waals surface area contributed by atoms with Gasteiger partial charge in [0.2, 0.25) is 0 Å². The SMILES string of the molecule is CCC1(c2ccc(F)cc2)NC(=NCC(C)C)NC1=O. The molecule has 1 saturated heterocycles. The fourth-order valence-electron chi connectivity index (χ4n) is 2.25. The third-order valence-corrected chi connectivity index (χ3v) is 3.43. The van der Waals surface area contributed by atoms with Crippen molar-refractivity contribution in [1.29, 1.82) is 0 Å². The molecule has 0 aliphatic carbocycles. The lowest BCUT2D eigenvalue weighted by Gasteiger charge is -2.25. The summed E-state index contributed by atoms with van der Waals surface area (Å²) >= 11 is 0. The number of rotatable bonds is 4. The van der Waals surface area contributed by atoms with Crippen molar-refractivity contribution < 1.29 is 9.18 Å². The van der Waals surface area contributed by atoms with Gasteiger partial charge in [0, 0.05) is 6.54 Å². The summed E-state index contributed by atoms with van der Waals surface area (Å²) in [5.41, 5.74) is -0.114. The van der Waals surface area contributed by atoms with E-state index in [4.69, 9.17) is 0 Å². The number of halogens is 1. The zero-order valence-electron chi connectivity index (χ0n) is 12.0. The topological polar surface area (TPSA) is 53.5 Å². The maximum absolute atomic E-state index is 13.0. The number of hydrogen-bond acceptors (Lipinski definition) is 2. The number of aliphatic imine (C=N–C) groups is 1. The van der Waals surface area contributed by atoms with Crippen molar-refractivity contribution in [2.75, 3.05) is 6.54 Å². The van der Waals surface area contributed by atoms with Gasteiger partial charge in [0.1, 0.15) is 11.4 Å². The second-order valence-corrected chi connectivity index (χ2v) is 5.43. The molecule has 0 saturated carbocycles. The smallest absolute Gasteiger partial charge is 0.257 e. The van der Waals surface area contributed by atoms with Gasteiger partial charge < -0.3 is 5.32 Å². The number of guanidine groups is 1. The molecule has 1 unspecified atom stereocenters. The number of carbonyl (C=O) groups excluding carboxylic acids is 1. The molecule has 1 amide bonds. The van der Waals surface area contributed by atoms with Gasteiger partial charge in [0.25, 0.3) is 5.91 Å². The Balaban J connectivity index is 2.29. The van der Waals surface area contributed by atoms with Gasteiger partial charge in [-0.15, -0.1) is 0 Å². The van der Waals surface area contributed by atoms with Gasteiger partial charge in [-0.25, -0.2) is 4.39 Å². The maximum Gasteiger partial charge on any atom is 0.257 e. The molecule has 108 valence electrons. The first-order chi connectivity index (χ1) is 9.48. The summed E-state index contributed by atoms with van der Waals surface area (Å²) in [5, 5.41) is 5.93. The Kier molecular flexibility index (Phi) is 4.06. The summed E-state index contributed by atoms with van der Waals surface area (Å²) in [6.07, 6.45) is 0.561. The quantitative estimate of drug-likeness (QED) is 0.886. The minimum atomic E-state index is -0.858. The first-order valence-corrected chi connectivity index (χ1v) is 6.88. The van der Waals surface area contributed by atoms with Crippen LogP contribution in [0.5, 0.6) is 0 Å². The lowest BCUT2D eigenvalue weighted by atomic mass is 9.87. The van der Waals surface area contributed by atoms with Gasteiger partial charge in [-0.2, -0.15) is 0 Å². The molecular formula is C15H20FN3O. The molecule has 20 heavy (non-hydrogen) atoms. The summed E-state index contributed by atoms with van der Waals surface area (Å²) in [7, 11) is 0. The second kappa shape index (κ2) is 5.61. The van der Waals surface area contributed by atoms with Gasteiger partial charge in [0.15, 0.2) is 5.96 Å². The lowest BCUT2D eigenvalue weighted by molar-refractivity contribution is -0.124. The van der Waals surface area contributed by atoms with Crippen LogP contribution in [0.1, 0.15) is 32.8 Å². The maximum atomic E-state index is 13.0. The van der Waals surface area contributed by atoms with Crippen LogP contribution in [0.2, 0.25) is 0 Å². The van der Waals surface area contributed by atoms with Crippen molar-refractivity contribution in [1.82, 2.24) is 10.6 Å². The molecule has 1 aromatic carbocycles. The highest BCUT2D eigenvalue weighted by molar-refractivity contribution is 6.09. The van der Waals surface area contributed by atoms with E-state index in [1.165, 1.54) is 12.1 Å². The van der Waals surface area contributed by atoms with Gasteiger partial charge in [-0.1, -0.05) is 32.9 Å². The first kappa shape index (κ1) is 14.5. The Morgan fingerprint density at radius 1 is 1.30 bits per heavy atom. The normalized spacial score (nSPS) is 24.1. The standard InChI is InChI=1S/C15H20FN3O/c1-4-15(11-5-7-12(16)8-6-11)13(20)18-14(19-15)17-9-10(2)3/h5-8,10H,4,9H2,1-3H3,(H2,17,18,19,20). The summed E-state index contributed by atoms with van der Waals surface area (Å²) in [5.74, 6) is 0.458. The molecule has 1 fully saturated rings. The minimum Gasteiger partial charge on any atom is -0.338 e. The van der Waals surface area contributed by atoms with Crippen molar-refractivity contribution in [2.24, 2.45) is 10.9 Å². The zero-order valence-corrected chi connectivity index (χ0v) is 12.0. The monoisotopic (exact) mass is 277 g/mol. The van der Waals surface area contributed by atoms with E-state index in [9.17, 15) is 9.18 Å². The van der Waals surface area contributed by atoms with E-state index >= 15 is 0 Å². The highest BCUT2D eigenvalue weighted by Gasteiger charge is 2.45. The molecule has 1 aromatic rings. The highest BCUT2D eigenvalue weighted by Crippen LogP contribution is 2.28. The van der Waals surface area contributed by atoms with Crippen molar-refractivity contribution in [3.05, 3.63) is 35.6 Å². The van der Waals surface area contributed by atoms with Crippen molar-refractivity contribution in [2.45, 2.75) is 32.7 Å². The molecule has 1 aliphatic rings. The van der Waals surface area contributed by atoms with Gasteiger partial charge >= 0.3 is 0 Å². The van der Waals surface area contributed by atoms with Crippen LogP contribution in [0.25, 0.3) is 0 Å². The van der Waals surface area contributed by atoms with Gasteiger partial charge in [-0.05, 0) is 30.0 Å². The fraction of sp³-hybridized carbons (Fsp3) is 0.467. The van der Waals surface area contributed by atoms with Crippen molar-refractivity contribution in [3.63, 3.8) is 0 Å². The van der Waals surface area contributed by atoms with E-state index in [1.807, 2.05) is 6.92 Å². The molecule has 1 aliphatic heterocycles. The predicted molar refractivity (Wildman–Crippen MR) is 76.8 cm³/mol. The number of benzene rings is 1. The third-order valence-electron chi connectivity index (χ3n) is 3.43. The molecule has 0 bridgehead atoms. The summed E-state index contributed by atoms with van der Waals surface area (Å²) in [4.78, 5) is 16.7. The van der Waals surface area contributed by atoms with Crippen LogP contribution in [0, 0.1) is 11.7 Å². The summed E-state index contributed by atoms with van der Waals surface area (Å²) in [6.45, 7) is 6.69. The van der Waals surface area contributed by atoms with E-state index in [0.717, 1.165) is 5.56 Å². The molecule has 0 aromatic heterocycles. The molecule has 0 spiro atoms. The number of nitrogens with zero attached hydrogens (tertiary/aromatic N) is 1. The number of nitrogens with one attached hydrogen (secondary N) is 2. The molecule has 1 atom stereocenters. The van der Waals surface area contributed by atoms with Crippen LogP contribution < -0.4 is 10.6 Å². The molecule has 2 rings (SSSR count). The molecule has 5 heteroatoms. The highest BCUT2D eigenvalue weighted by atomic mass is 19.1. The van der Waals surface area contributed by atoms with Crippen LogP contribution in [0.3, 0.4) is 0 Å². The Morgan fingerprint density at radius 2 is 1.95 bits per heavy atom. The number of amides is 1.